The quantitative estimate of drug-likeness (QED) is 0.438. The lowest BCUT2D eigenvalue weighted by atomic mass is 10.2. The van der Waals surface area contributed by atoms with Crippen molar-refractivity contribution in [2.24, 2.45) is 7.05 Å². The number of carbonyl (C=O) groups is 1. The molecule has 4 aromatic rings. The zero-order valence-electron chi connectivity index (χ0n) is 13.8. The minimum atomic E-state index is -0.386. The number of halogens is 1. The number of aryl methyl sites for hydroxylation is 1. The van der Waals surface area contributed by atoms with Gasteiger partial charge in [-0.2, -0.15) is 0 Å². The number of rotatable bonds is 4. The number of ether oxygens (including phenoxy) is 1. The summed E-state index contributed by atoms with van der Waals surface area (Å²) in [6.45, 7) is 0.121. The van der Waals surface area contributed by atoms with E-state index in [1.807, 2.05) is 59.5 Å². The number of nitrogens with zero attached hydrogens (tertiary/aromatic N) is 3. The lowest BCUT2D eigenvalue weighted by Crippen LogP contribution is -2.10. The number of hydrogen-bond acceptors (Lipinski definition) is 5. The third kappa shape index (κ3) is 3.04. The molecule has 0 spiro atoms. The van der Waals surface area contributed by atoms with Gasteiger partial charge in [-0.3, -0.25) is 4.98 Å². The Labute approximate surface area is 162 Å². The Bertz CT molecular complexity index is 1050. The summed E-state index contributed by atoms with van der Waals surface area (Å²) in [5.41, 5.74) is 2.98. The molecule has 3 heterocycles. The molecule has 26 heavy (non-hydrogen) atoms. The van der Waals surface area contributed by atoms with Crippen molar-refractivity contribution in [3.63, 3.8) is 0 Å². The van der Waals surface area contributed by atoms with E-state index < -0.39 is 0 Å². The van der Waals surface area contributed by atoms with E-state index in [-0.39, 0.29) is 12.6 Å². The minimum Gasteiger partial charge on any atom is -0.454 e. The molecule has 0 atom stereocenters. The van der Waals surface area contributed by atoms with Crippen LogP contribution in [0.3, 0.4) is 0 Å². The molecule has 0 radical (unpaired) electrons. The SMILES string of the molecule is Cn1c(C(=O)OCc2csc(-c3ccccn3)n2)c(Br)c2ccccc21. The van der Waals surface area contributed by atoms with Crippen molar-refractivity contribution < 1.29 is 9.53 Å². The summed E-state index contributed by atoms with van der Waals surface area (Å²) < 4.78 is 8.07. The highest BCUT2D eigenvalue weighted by Gasteiger charge is 2.21. The van der Waals surface area contributed by atoms with Crippen molar-refractivity contribution >= 4 is 44.1 Å². The summed E-state index contributed by atoms with van der Waals surface area (Å²) in [5.74, 6) is -0.386. The van der Waals surface area contributed by atoms with Gasteiger partial charge in [0.1, 0.15) is 17.3 Å². The largest absolute Gasteiger partial charge is 0.454 e. The van der Waals surface area contributed by atoms with Gasteiger partial charge in [-0.25, -0.2) is 9.78 Å². The fraction of sp³-hybridized carbons (Fsp3) is 0.105. The molecule has 7 heteroatoms. The molecule has 3 aromatic heterocycles. The van der Waals surface area contributed by atoms with E-state index in [1.165, 1.54) is 11.3 Å². The van der Waals surface area contributed by atoms with Gasteiger partial charge in [0.2, 0.25) is 0 Å². The van der Waals surface area contributed by atoms with E-state index in [0.29, 0.717) is 11.4 Å². The van der Waals surface area contributed by atoms with Crippen LogP contribution in [0.1, 0.15) is 16.2 Å². The highest BCUT2D eigenvalue weighted by atomic mass is 79.9. The summed E-state index contributed by atoms with van der Waals surface area (Å²) in [5, 5.41) is 3.67. The van der Waals surface area contributed by atoms with Crippen molar-refractivity contribution in [3.8, 4) is 10.7 Å². The number of pyridine rings is 1. The summed E-state index contributed by atoms with van der Waals surface area (Å²) in [6, 6.07) is 13.5. The number of aromatic nitrogens is 3. The highest BCUT2D eigenvalue weighted by molar-refractivity contribution is 9.10. The van der Waals surface area contributed by atoms with Crippen molar-refractivity contribution in [1.29, 1.82) is 0 Å². The first kappa shape index (κ1) is 16.9. The van der Waals surface area contributed by atoms with Crippen LogP contribution < -0.4 is 0 Å². The summed E-state index contributed by atoms with van der Waals surface area (Å²) in [4.78, 5) is 21.4. The van der Waals surface area contributed by atoms with Gasteiger partial charge in [0.25, 0.3) is 0 Å². The molecule has 4 rings (SSSR count). The van der Waals surface area contributed by atoms with Crippen LogP contribution in [-0.4, -0.2) is 20.5 Å². The van der Waals surface area contributed by atoms with E-state index >= 15 is 0 Å². The molecule has 0 amide bonds. The van der Waals surface area contributed by atoms with Crippen LogP contribution in [0.2, 0.25) is 0 Å². The number of esters is 1. The Morgan fingerprint density at radius 3 is 2.81 bits per heavy atom. The minimum absolute atomic E-state index is 0.121. The van der Waals surface area contributed by atoms with Gasteiger partial charge < -0.3 is 9.30 Å². The maximum absolute atomic E-state index is 12.6. The van der Waals surface area contributed by atoms with E-state index in [0.717, 1.165) is 26.1 Å². The number of hydrogen-bond donors (Lipinski definition) is 0. The second-order valence-electron chi connectivity index (χ2n) is 5.67. The summed E-state index contributed by atoms with van der Waals surface area (Å²) in [7, 11) is 1.85. The number of thiazole rings is 1. The zero-order chi connectivity index (χ0) is 18.1. The standard InChI is InChI=1S/C19H14BrN3O2S/c1-23-15-8-3-2-6-13(15)16(20)17(23)19(24)25-10-12-11-26-18(22-12)14-7-4-5-9-21-14/h2-9,11H,10H2,1H3. The van der Waals surface area contributed by atoms with Crippen LogP contribution in [0.4, 0.5) is 0 Å². The fourth-order valence-corrected chi connectivity index (χ4v) is 4.30. The Balaban J connectivity index is 1.52. The van der Waals surface area contributed by atoms with Crippen LogP contribution >= 0.6 is 27.3 Å². The van der Waals surface area contributed by atoms with Crippen LogP contribution in [0.25, 0.3) is 21.6 Å². The average molecular weight is 428 g/mol. The van der Waals surface area contributed by atoms with Gasteiger partial charge in [0.15, 0.2) is 0 Å². The van der Waals surface area contributed by atoms with Gasteiger partial charge in [-0.05, 0) is 34.1 Å². The van der Waals surface area contributed by atoms with Gasteiger partial charge in [0.05, 0.1) is 15.9 Å². The smallest absolute Gasteiger partial charge is 0.356 e. The number of fused-ring (bicyclic) bond motifs is 1. The van der Waals surface area contributed by atoms with Crippen LogP contribution in [0, 0.1) is 0 Å². The molecule has 0 fully saturated rings. The number of benzene rings is 1. The van der Waals surface area contributed by atoms with Gasteiger partial charge >= 0.3 is 5.97 Å². The monoisotopic (exact) mass is 427 g/mol. The highest BCUT2D eigenvalue weighted by Crippen LogP contribution is 2.31. The molecule has 130 valence electrons. The van der Waals surface area contributed by atoms with Crippen molar-refractivity contribution in [2.75, 3.05) is 0 Å². The molecule has 1 aromatic carbocycles. The van der Waals surface area contributed by atoms with E-state index in [4.69, 9.17) is 4.74 Å². The molecule has 0 saturated carbocycles. The summed E-state index contributed by atoms with van der Waals surface area (Å²) >= 11 is 5.00. The molecule has 0 unspecified atom stereocenters. The number of para-hydroxylation sites is 1. The van der Waals surface area contributed by atoms with E-state index in [9.17, 15) is 4.79 Å². The second-order valence-corrected chi connectivity index (χ2v) is 7.32. The first-order valence-corrected chi connectivity index (χ1v) is 9.58. The van der Waals surface area contributed by atoms with Crippen molar-refractivity contribution in [3.05, 3.63) is 69.9 Å². The molecule has 0 aliphatic rings. The lowest BCUT2D eigenvalue weighted by molar-refractivity contribution is 0.0456. The molecule has 0 N–H and O–H groups in total. The Morgan fingerprint density at radius 2 is 2.04 bits per heavy atom. The molecular weight excluding hydrogens is 414 g/mol. The lowest BCUT2D eigenvalue weighted by Gasteiger charge is -2.05. The predicted molar refractivity (Wildman–Crippen MR) is 105 cm³/mol. The van der Waals surface area contributed by atoms with E-state index in [1.54, 1.807) is 6.20 Å². The first-order valence-electron chi connectivity index (χ1n) is 7.91. The van der Waals surface area contributed by atoms with Crippen molar-refractivity contribution in [1.82, 2.24) is 14.5 Å². The predicted octanol–water partition coefficient (Wildman–Crippen LogP) is 4.82. The topological polar surface area (TPSA) is 57.0 Å². The molecule has 5 nitrogen and oxygen atoms in total. The van der Waals surface area contributed by atoms with Crippen LogP contribution in [-0.2, 0) is 18.4 Å². The average Bonchev–Trinajstić information content (AvgIpc) is 3.25. The third-order valence-corrected chi connectivity index (χ3v) is 5.74. The normalized spacial score (nSPS) is 11.0. The van der Waals surface area contributed by atoms with Crippen LogP contribution in [0.15, 0.2) is 58.5 Å². The molecule has 0 saturated heterocycles. The zero-order valence-corrected chi connectivity index (χ0v) is 16.3. The first-order chi connectivity index (χ1) is 12.6. The fourth-order valence-electron chi connectivity index (χ4n) is 2.76. The third-order valence-electron chi connectivity index (χ3n) is 4.03. The molecule has 0 aliphatic carbocycles. The molecular formula is C19H14BrN3O2S. The molecule has 0 aliphatic heterocycles. The second kappa shape index (κ2) is 7.01. The van der Waals surface area contributed by atoms with Gasteiger partial charge in [-0.15, -0.1) is 11.3 Å². The summed E-state index contributed by atoms with van der Waals surface area (Å²) in [6.07, 6.45) is 1.73. The van der Waals surface area contributed by atoms with Crippen molar-refractivity contribution in [2.45, 2.75) is 6.61 Å². The van der Waals surface area contributed by atoms with Gasteiger partial charge in [0, 0.05) is 29.5 Å². The maximum Gasteiger partial charge on any atom is 0.356 e. The van der Waals surface area contributed by atoms with Gasteiger partial charge in [-0.1, -0.05) is 24.3 Å². The number of carbonyl (C=O) groups excluding carboxylic acids is 1. The van der Waals surface area contributed by atoms with Crippen LogP contribution in [0.5, 0.6) is 0 Å². The molecule has 0 bridgehead atoms. The Morgan fingerprint density at radius 1 is 1.23 bits per heavy atom. The maximum atomic E-state index is 12.6. The Hall–Kier alpha value is -2.51. The Kier molecular flexibility index (Phi) is 4.57. The van der Waals surface area contributed by atoms with E-state index in [2.05, 4.69) is 25.9 Å².